The molecule has 2 aromatic rings. The first-order chi connectivity index (χ1) is 8.15. The average Bonchev–Trinajstić information content (AvgIpc) is 2.29. The highest BCUT2D eigenvalue weighted by molar-refractivity contribution is 6.30. The molecule has 1 aromatic carbocycles. The summed E-state index contributed by atoms with van der Waals surface area (Å²) in [6.07, 6.45) is 1.51. The van der Waals surface area contributed by atoms with Crippen molar-refractivity contribution in [2.24, 2.45) is 0 Å². The number of nitrogens with zero attached hydrogens (tertiary/aromatic N) is 1. The number of halogens is 1. The van der Waals surface area contributed by atoms with Gasteiger partial charge in [-0.25, -0.2) is 0 Å². The first-order valence-electron chi connectivity index (χ1n) is 5.15. The van der Waals surface area contributed by atoms with E-state index in [1.165, 1.54) is 12.3 Å². The van der Waals surface area contributed by atoms with Crippen LogP contribution in [0.5, 0.6) is 0 Å². The molecular formula is C13H11ClN2O. The van der Waals surface area contributed by atoms with Crippen molar-refractivity contribution in [2.75, 3.05) is 5.32 Å². The third-order valence-electron chi connectivity index (χ3n) is 2.23. The van der Waals surface area contributed by atoms with Gasteiger partial charge < -0.3 is 5.32 Å². The molecule has 0 saturated carbocycles. The summed E-state index contributed by atoms with van der Waals surface area (Å²) < 4.78 is 0. The lowest BCUT2D eigenvalue weighted by atomic mass is 10.2. The summed E-state index contributed by atoms with van der Waals surface area (Å²) in [6.45, 7) is 1.97. The van der Waals surface area contributed by atoms with Crippen molar-refractivity contribution in [3.8, 4) is 0 Å². The molecule has 1 aromatic heterocycles. The molecule has 0 atom stereocenters. The van der Waals surface area contributed by atoms with Gasteiger partial charge in [-0.15, -0.1) is 0 Å². The van der Waals surface area contributed by atoms with Gasteiger partial charge in [0.2, 0.25) is 0 Å². The van der Waals surface area contributed by atoms with E-state index in [2.05, 4.69) is 10.3 Å². The normalized spacial score (nSPS) is 10.0. The van der Waals surface area contributed by atoms with Gasteiger partial charge in [0, 0.05) is 16.9 Å². The number of anilines is 1. The summed E-state index contributed by atoms with van der Waals surface area (Å²) in [5.41, 5.74) is 2.14. The summed E-state index contributed by atoms with van der Waals surface area (Å²) in [5.74, 6) is -0.266. The molecule has 1 amide bonds. The fraction of sp³-hybridized carbons (Fsp3) is 0.0769. The van der Waals surface area contributed by atoms with Crippen LogP contribution in [0.15, 0.2) is 42.6 Å². The highest BCUT2D eigenvalue weighted by atomic mass is 35.5. The van der Waals surface area contributed by atoms with E-state index >= 15 is 0 Å². The molecule has 4 heteroatoms. The zero-order chi connectivity index (χ0) is 12.3. The molecule has 0 aliphatic heterocycles. The number of pyridine rings is 1. The number of nitrogens with one attached hydrogen (secondary N) is 1. The molecule has 0 spiro atoms. The van der Waals surface area contributed by atoms with E-state index in [-0.39, 0.29) is 5.91 Å². The molecule has 1 N–H and O–H groups in total. The summed E-state index contributed by atoms with van der Waals surface area (Å²) in [5, 5.41) is 3.26. The van der Waals surface area contributed by atoms with Crippen molar-refractivity contribution >= 4 is 23.2 Å². The van der Waals surface area contributed by atoms with Gasteiger partial charge in [-0.05, 0) is 36.8 Å². The van der Waals surface area contributed by atoms with Crippen LogP contribution in [0.25, 0.3) is 0 Å². The van der Waals surface area contributed by atoms with Gasteiger partial charge >= 0.3 is 0 Å². The number of carbonyl (C=O) groups is 1. The quantitative estimate of drug-likeness (QED) is 0.884. The second-order valence-electron chi connectivity index (χ2n) is 3.68. The van der Waals surface area contributed by atoms with Crippen LogP contribution in [0.3, 0.4) is 0 Å². The van der Waals surface area contributed by atoms with Crippen LogP contribution in [0.2, 0.25) is 5.02 Å². The Morgan fingerprint density at radius 1 is 1.29 bits per heavy atom. The molecule has 0 aliphatic rings. The van der Waals surface area contributed by atoms with E-state index < -0.39 is 0 Å². The minimum atomic E-state index is -0.266. The summed E-state index contributed by atoms with van der Waals surface area (Å²) in [6, 6.07) is 10.7. The summed E-state index contributed by atoms with van der Waals surface area (Å²) in [4.78, 5) is 15.8. The van der Waals surface area contributed by atoms with Crippen LogP contribution >= 0.6 is 11.6 Å². The van der Waals surface area contributed by atoms with Crippen molar-refractivity contribution in [1.29, 1.82) is 0 Å². The summed E-state index contributed by atoms with van der Waals surface area (Å²) in [7, 11) is 0. The lowest BCUT2D eigenvalue weighted by Crippen LogP contribution is -2.13. The Kier molecular flexibility index (Phi) is 3.40. The van der Waals surface area contributed by atoms with Gasteiger partial charge in [0.05, 0.1) is 0 Å². The number of aromatic nitrogens is 1. The number of hydrogen-bond donors (Lipinski definition) is 1. The monoisotopic (exact) mass is 246 g/mol. The van der Waals surface area contributed by atoms with Gasteiger partial charge in [0.25, 0.3) is 5.91 Å². The van der Waals surface area contributed by atoms with Crippen LogP contribution < -0.4 is 5.32 Å². The predicted molar refractivity (Wildman–Crippen MR) is 68.4 cm³/mol. The maximum absolute atomic E-state index is 11.8. The Morgan fingerprint density at radius 2 is 2.12 bits per heavy atom. The fourth-order valence-corrected chi connectivity index (χ4v) is 1.61. The Morgan fingerprint density at radius 3 is 2.82 bits per heavy atom. The standard InChI is InChI=1S/C13H11ClN2O/c1-9-3-2-4-11(7-9)16-13(17)12-8-10(14)5-6-15-12/h2-8H,1H3,(H,16,17). The number of hydrogen-bond acceptors (Lipinski definition) is 2. The van der Waals surface area contributed by atoms with E-state index in [0.29, 0.717) is 10.7 Å². The Hall–Kier alpha value is -1.87. The summed E-state index contributed by atoms with van der Waals surface area (Å²) >= 11 is 5.80. The number of carbonyl (C=O) groups excluding carboxylic acids is 1. The van der Waals surface area contributed by atoms with Crippen LogP contribution in [-0.4, -0.2) is 10.9 Å². The van der Waals surface area contributed by atoms with Crippen LogP contribution in [-0.2, 0) is 0 Å². The maximum Gasteiger partial charge on any atom is 0.274 e. The lowest BCUT2D eigenvalue weighted by molar-refractivity contribution is 0.102. The molecule has 0 radical (unpaired) electrons. The van der Waals surface area contributed by atoms with Gasteiger partial charge in [-0.1, -0.05) is 23.7 Å². The number of aryl methyl sites for hydroxylation is 1. The molecule has 0 saturated heterocycles. The Balaban J connectivity index is 2.17. The van der Waals surface area contributed by atoms with Gasteiger partial charge in [0.15, 0.2) is 0 Å². The van der Waals surface area contributed by atoms with Gasteiger partial charge in [0.1, 0.15) is 5.69 Å². The predicted octanol–water partition coefficient (Wildman–Crippen LogP) is 3.30. The highest BCUT2D eigenvalue weighted by Crippen LogP contribution is 2.12. The number of benzene rings is 1. The molecule has 2 rings (SSSR count). The van der Waals surface area contributed by atoms with Crippen molar-refractivity contribution in [1.82, 2.24) is 4.98 Å². The SMILES string of the molecule is Cc1cccc(NC(=O)c2cc(Cl)ccn2)c1. The second-order valence-corrected chi connectivity index (χ2v) is 4.12. The van der Waals surface area contributed by atoms with Crippen LogP contribution in [0, 0.1) is 6.92 Å². The minimum Gasteiger partial charge on any atom is -0.321 e. The lowest BCUT2D eigenvalue weighted by Gasteiger charge is -2.05. The Labute approximate surface area is 104 Å². The Bertz CT molecular complexity index is 555. The molecule has 17 heavy (non-hydrogen) atoms. The first kappa shape index (κ1) is 11.6. The minimum absolute atomic E-state index is 0.266. The van der Waals surface area contributed by atoms with Crippen molar-refractivity contribution in [2.45, 2.75) is 6.92 Å². The number of rotatable bonds is 2. The average molecular weight is 247 g/mol. The van der Waals surface area contributed by atoms with Crippen molar-refractivity contribution < 1.29 is 4.79 Å². The molecular weight excluding hydrogens is 236 g/mol. The van der Waals surface area contributed by atoms with E-state index in [1.807, 2.05) is 31.2 Å². The van der Waals surface area contributed by atoms with Crippen molar-refractivity contribution in [3.05, 3.63) is 58.9 Å². The van der Waals surface area contributed by atoms with Crippen LogP contribution in [0.4, 0.5) is 5.69 Å². The second kappa shape index (κ2) is 4.97. The molecule has 0 bridgehead atoms. The van der Waals surface area contributed by atoms with E-state index in [0.717, 1.165) is 11.3 Å². The highest BCUT2D eigenvalue weighted by Gasteiger charge is 2.07. The first-order valence-corrected chi connectivity index (χ1v) is 5.52. The molecule has 86 valence electrons. The van der Waals surface area contributed by atoms with E-state index in [4.69, 9.17) is 11.6 Å². The van der Waals surface area contributed by atoms with Crippen LogP contribution in [0.1, 0.15) is 16.1 Å². The zero-order valence-corrected chi connectivity index (χ0v) is 10.0. The van der Waals surface area contributed by atoms with Gasteiger partial charge in [-0.2, -0.15) is 0 Å². The fourth-order valence-electron chi connectivity index (χ4n) is 1.45. The smallest absolute Gasteiger partial charge is 0.274 e. The molecule has 1 heterocycles. The maximum atomic E-state index is 11.8. The van der Waals surface area contributed by atoms with Crippen molar-refractivity contribution in [3.63, 3.8) is 0 Å². The van der Waals surface area contributed by atoms with E-state index in [9.17, 15) is 4.79 Å². The van der Waals surface area contributed by atoms with E-state index in [1.54, 1.807) is 6.07 Å². The number of amides is 1. The third-order valence-corrected chi connectivity index (χ3v) is 2.47. The topological polar surface area (TPSA) is 42.0 Å². The molecule has 0 fully saturated rings. The molecule has 0 unspecified atom stereocenters. The zero-order valence-electron chi connectivity index (χ0n) is 9.27. The largest absolute Gasteiger partial charge is 0.321 e. The molecule has 0 aliphatic carbocycles. The van der Waals surface area contributed by atoms with Gasteiger partial charge in [-0.3, -0.25) is 9.78 Å². The molecule has 3 nitrogen and oxygen atoms in total. The third kappa shape index (κ3) is 3.04.